The van der Waals surface area contributed by atoms with Crippen molar-refractivity contribution in [2.75, 3.05) is 7.05 Å². The average Bonchev–Trinajstić information content (AvgIpc) is 2.44. The van der Waals surface area contributed by atoms with E-state index in [9.17, 15) is 9.59 Å². The van der Waals surface area contributed by atoms with Crippen LogP contribution < -0.4 is 0 Å². The van der Waals surface area contributed by atoms with Gasteiger partial charge in [-0.25, -0.2) is 4.79 Å². The van der Waals surface area contributed by atoms with Gasteiger partial charge in [0.2, 0.25) is 0 Å². The van der Waals surface area contributed by atoms with Gasteiger partial charge in [-0.1, -0.05) is 6.07 Å². The van der Waals surface area contributed by atoms with Crippen LogP contribution >= 0.6 is 0 Å². The van der Waals surface area contributed by atoms with Gasteiger partial charge in [-0.05, 0) is 19.1 Å². The standard InChI is InChI=1S/C13H13N3O3/c1-8(13(18)19)16(2)12(17)9-4-3-5-10-11(9)15-7-6-14-10/h3-8H,1-2H3,(H,18,19). The summed E-state index contributed by atoms with van der Waals surface area (Å²) in [6.07, 6.45) is 3.04. The fourth-order valence-corrected chi connectivity index (χ4v) is 1.70. The van der Waals surface area contributed by atoms with Crippen LogP contribution in [0.4, 0.5) is 0 Å². The van der Waals surface area contributed by atoms with E-state index in [0.717, 1.165) is 0 Å². The Balaban J connectivity index is 2.44. The first-order valence-electron chi connectivity index (χ1n) is 5.72. The number of aliphatic carboxylic acids is 1. The maximum atomic E-state index is 12.3. The Morgan fingerprint density at radius 1 is 1.26 bits per heavy atom. The summed E-state index contributed by atoms with van der Waals surface area (Å²) < 4.78 is 0. The van der Waals surface area contributed by atoms with Gasteiger partial charge in [0.05, 0.1) is 11.1 Å². The number of hydrogen-bond acceptors (Lipinski definition) is 4. The monoisotopic (exact) mass is 259 g/mol. The molecule has 0 saturated carbocycles. The molecule has 1 N–H and O–H groups in total. The highest BCUT2D eigenvalue weighted by molar-refractivity contribution is 6.05. The van der Waals surface area contributed by atoms with Gasteiger partial charge in [0.25, 0.3) is 5.91 Å². The van der Waals surface area contributed by atoms with Crippen LogP contribution in [0.5, 0.6) is 0 Å². The molecule has 2 aromatic rings. The van der Waals surface area contributed by atoms with Crippen LogP contribution in [0, 0.1) is 0 Å². The molecular formula is C13H13N3O3. The number of carbonyl (C=O) groups excluding carboxylic acids is 1. The number of likely N-dealkylation sites (N-methyl/N-ethyl adjacent to an activating group) is 1. The first-order valence-corrected chi connectivity index (χ1v) is 5.72. The summed E-state index contributed by atoms with van der Waals surface area (Å²) in [6.45, 7) is 1.46. The smallest absolute Gasteiger partial charge is 0.326 e. The number of carboxylic acid groups (broad SMARTS) is 1. The van der Waals surface area contributed by atoms with Gasteiger partial charge >= 0.3 is 5.97 Å². The van der Waals surface area contributed by atoms with E-state index in [1.807, 2.05) is 0 Å². The zero-order valence-corrected chi connectivity index (χ0v) is 10.6. The van der Waals surface area contributed by atoms with Gasteiger partial charge in [-0.2, -0.15) is 0 Å². The SMILES string of the molecule is CC(C(=O)O)N(C)C(=O)c1cccc2nccnc12. The molecule has 2 rings (SSSR count). The van der Waals surface area contributed by atoms with Gasteiger partial charge in [-0.15, -0.1) is 0 Å². The first-order chi connectivity index (χ1) is 9.02. The van der Waals surface area contributed by atoms with Gasteiger partial charge in [0, 0.05) is 19.4 Å². The van der Waals surface area contributed by atoms with E-state index in [1.54, 1.807) is 24.4 Å². The number of carboxylic acids is 1. The van der Waals surface area contributed by atoms with Crippen LogP contribution in [-0.4, -0.2) is 44.9 Å². The number of carbonyl (C=O) groups is 2. The summed E-state index contributed by atoms with van der Waals surface area (Å²) in [7, 11) is 1.45. The summed E-state index contributed by atoms with van der Waals surface area (Å²) in [5, 5.41) is 8.94. The Morgan fingerprint density at radius 3 is 2.63 bits per heavy atom. The van der Waals surface area contributed by atoms with Crippen LogP contribution in [0.25, 0.3) is 11.0 Å². The van der Waals surface area contributed by atoms with Crippen LogP contribution in [0.2, 0.25) is 0 Å². The lowest BCUT2D eigenvalue weighted by Crippen LogP contribution is -2.40. The molecule has 98 valence electrons. The molecule has 6 heteroatoms. The number of nitrogens with zero attached hydrogens (tertiary/aromatic N) is 3. The highest BCUT2D eigenvalue weighted by Crippen LogP contribution is 2.16. The van der Waals surface area contributed by atoms with Crippen molar-refractivity contribution in [3.05, 3.63) is 36.2 Å². The summed E-state index contributed by atoms with van der Waals surface area (Å²) >= 11 is 0. The molecule has 0 aliphatic heterocycles. The lowest BCUT2D eigenvalue weighted by atomic mass is 10.1. The average molecular weight is 259 g/mol. The summed E-state index contributed by atoms with van der Waals surface area (Å²) in [5.74, 6) is -1.44. The number of benzene rings is 1. The molecule has 19 heavy (non-hydrogen) atoms. The van der Waals surface area contributed by atoms with Crippen LogP contribution in [-0.2, 0) is 4.79 Å². The first kappa shape index (κ1) is 12.9. The Hall–Kier alpha value is -2.50. The number of amides is 1. The zero-order valence-electron chi connectivity index (χ0n) is 10.6. The third-order valence-electron chi connectivity index (χ3n) is 2.99. The predicted molar refractivity (Wildman–Crippen MR) is 68.7 cm³/mol. The molecule has 1 aromatic carbocycles. The number of hydrogen-bond donors (Lipinski definition) is 1. The van der Waals surface area contributed by atoms with E-state index in [-0.39, 0.29) is 5.91 Å². The van der Waals surface area contributed by atoms with E-state index in [1.165, 1.54) is 25.1 Å². The highest BCUT2D eigenvalue weighted by Gasteiger charge is 2.24. The number of para-hydroxylation sites is 1. The van der Waals surface area contributed by atoms with Crippen LogP contribution in [0.15, 0.2) is 30.6 Å². The molecule has 0 aliphatic rings. The second-order valence-electron chi connectivity index (χ2n) is 4.16. The third-order valence-corrected chi connectivity index (χ3v) is 2.99. The van der Waals surface area contributed by atoms with Gasteiger partial charge < -0.3 is 10.0 Å². The van der Waals surface area contributed by atoms with Crippen LogP contribution in [0.1, 0.15) is 17.3 Å². The number of fused-ring (bicyclic) bond motifs is 1. The van der Waals surface area contributed by atoms with E-state index in [0.29, 0.717) is 16.6 Å². The van der Waals surface area contributed by atoms with Crippen molar-refractivity contribution in [3.8, 4) is 0 Å². The van der Waals surface area contributed by atoms with Crippen molar-refractivity contribution in [3.63, 3.8) is 0 Å². The van der Waals surface area contributed by atoms with Crippen molar-refractivity contribution in [2.45, 2.75) is 13.0 Å². The molecule has 0 spiro atoms. The molecule has 1 amide bonds. The maximum Gasteiger partial charge on any atom is 0.326 e. The quantitative estimate of drug-likeness (QED) is 0.894. The normalized spacial score (nSPS) is 12.1. The van der Waals surface area contributed by atoms with E-state index in [2.05, 4.69) is 9.97 Å². The molecule has 1 unspecified atom stereocenters. The zero-order chi connectivity index (χ0) is 14.0. The number of aromatic nitrogens is 2. The van der Waals surface area contributed by atoms with Crippen molar-refractivity contribution in [1.82, 2.24) is 14.9 Å². The predicted octanol–water partition coefficient (Wildman–Crippen LogP) is 1.17. The number of rotatable bonds is 3. The Labute approximate surface area is 109 Å². The molecule has 0 saturated heterocycles. The fourth-order valence-electron chi connectivity index (χ4n) is 1.70. The largest absolute Gasteiger partial charge is 0.480 e. The molecule has 0 aliphatic carbocycles. The van der Waals surface area contributed by atoms with Gasteiger partial charge in [0.1, 0.15) is 11.6 Å². The van der Waals surface area contributed by atoms with Crippen LogP contribution in [0.3, 0.4) is 0 Å². The topological polar surface area (TPSA) is 83.4 Å². The Bertz CT molecular complexity index is 637. The van der Waals surface area contributed by atoms with E-state index >= 15 is 0 Å². The minimum absolute atomic E-state index is 0.348. The molecule has 1 heterocycles. The Kier molecular flexibility index (Phi) is 3.41. The lowest BCUT2D eigenvalue weighted by Gasteiger charge is -2.21. The van der Waals surface area contributed by atoms with Crippen molar-refractivity contribution in [1.29, 1.82) is 0 Å². The molecule has 1 atom stereocenters. The minimum atomic E-state index is -1.05. The van der Waals surface area contributed by atoms with E-state index < -0.39 is 12.0 Å². The van der Waals surface area contributed by atoms with Crippen molar-refractivity contribution in [2.24, 2.45) is 0 Å². The van der Waals surface area contributed by atoms with E-state index in [4.69, 9.17) is 5.11 Å². The van der Waals surface area contributed by atoms with Gasteiger partial charge in [0.15, 0.2) is 0 Å². The minimum Gasteiger partial charge on any atom is -0.480 e. The van der Waals surface area contributed by atoms with Gasteiger partial charge in [-0.3, -0.25) is 14.8 Å². The fraction of sp³-hybridized carbons (Fsp3) is 0.231. The second-order valence-corrected chi connectivity index (χ2v) is 4.16. The Morgan fingerprint density at radius 2 is 1.95 bits per heavy atom. The van der Waals surface area contributed by atoms with Crippen molar-refractivity contribution < 1.29 is 14.7 Å². The molecular weight excluding hydrogens is 246 g/mol. The molecule has 6 nitrogen and oxygen atoms in total. The third kappa shape index (κ3) is 2.37. The summed E-state index contributed by atoms with van der Waals surface area (Å²) in [4.78, 5) is 32.6. The van der Waals surface area contributed by atoms with Crippen molar-refractivity contribution >= 4 is 22.9 Å². The second kappa shape index (κ2) is 5.01. The molecule has 1 aromatic heterocycles. The summed E-state index contributed by atoms with van der Waals surface area (Å²) in [6, 6.07) is 4.16. The molecule has 0 bridgehead atoms. The highest BCUT2D eigenvalue weighted by atomic mass is 16.4. The lowest BCUT2D eigenvalue weighted by molar-refractivity contribution is -0.141. The summed E-state index contributed by atoms with van der Waals surface area (Å²) in [5.41, 5.74) is 1.42. The maximum absolute atomic E-state index is 12.3. The molecule has 0 radical (unpaired) electrons. The molecule has 0 fully saturated rings.